The van der Waals surface area contributed by atoms with Crippen molar-refractivity contribution in [3.63, 3.8) is 0 Å². The highest BCUT2D eigenvalue weighted by Gasteiger charge is 2.47. The van der Waals surface area contributed by atoms with Gasteiger partial charge in [-0.05, 0) is 54.1 Å². The van der Waals surface area contributed by atoms with Gasteiger partial charge in [-0.3, -0.25) is 14.5 Å². The molecule has 3 aromatic carbocycles. The van der Waals surface area contributed by atoms with Crippen LogP contribution in [0.1, 0.15) is 17.2 Å². The first-order valence-corrected chi connectivity index (χ1v) is 9.80. The number of hydrogen-bond donors (Lipinski definition) is 1. The van der Waals surface area contributed by atoms with Crippen molar-refractivity contribution in [2.24, 2.45) is 0 Å². The number of benzene rings is 3. The maximum absolute atomic E-state index is 13.6. The van der Waals surface area contributed by atoms with Crippen LogP contribution < -0.4 is 14.4 Å². The summed E-state index contributed by atoms with van der Waals surface area (Å²) in [6.45, 7) is 0. The number of carbonyl (C=O) groups excluding carboxylic acids is 2. The smallest absolute Gasteiger partial charge is 0.300 e. The monoisotopic (exact) mass is 433 g/mol. The molecule has 6 nitrogen and oxygen atoms in total. The number of aliphatic hydroxyl groups excluding tert-OH is 1. The zero-order chi connectivity index (χ0) is 22.8. The third kappa shape index (κ3) is 3.58. The Morgan fingerprint density at radius 2 is 1.56 bits per heavy atom. The zero-order valence-corrected chi connectivity index (χ0v) is 17.4. The lowest BCUT2D eigenvalue weighted by molar-refractivity contribution is -0.132. The molecule has 3 aromatic rings. The summed E-state index contributed by atoms with van der Waals surface area (Å²) in [5.41, 5.74) is 1.07. The van der Waals surface area contributed by atoms with Gasteiger partial charge in [0.15, 0.2) is 0 Å². The second kappa shape index (κ2) is 8.55. The minimum absolute atomic E-state index is 0.109. The second-order valence-electron chi connectivity index (χ2n) is 7.12. The lowest BCUT2D eigenvalue weighted by atomic mass is 9.95. The summed E-state index contributed by atoms with van der Waals surface area (Å²) < 4.78 is 24.1. The molecular weight excluding hydrogens is 413 g/mol. The fourth-order valence-electron chi connectivity index (χ4n) is 3.79. The van der Waals surface area contributed by atoms with Crippen LogP contribution in [0.4, 0.5) is 10.1 Å². The van der Waals surface area contributed by atoms with Crippen LogP contribution in [0.3, 0.4) is 0 Å². The average molecular weight is 433 g/mol. The summed E-state index contributed by atoms with van der Waals surface area (Å²) in [6.07, 6.45) is 0. The molecular formula is C25H20FNO5. The molecule has 1 saturated heterocycles. The Kier molecular flexibility index (Phi) is 5.64. The summed E-state index contributed by atoms with van der Waals surface area (Å²) >= 11 is 0. The fraction of sp³-hybridized carbons (Fsp3) is 0.120. The molecule has 0 bridgehead atoms. The molecule has 32 heavy (non-hydrogen) atoms. The first-order chi connectivity index (χ1) is 15.5. The third-order valence-corrected chi connectivity index (χ3v) is 5.34. The van der Waals surface area contributed by atoms with Crippen LogP contribution in [0.15, 0.2) is 78.4 Å². The number of para-hydroxylation sites is 1. The predicted molar refractivity (Wildman–Crippen MR) is 117 cm³/mol. The summed E-state index contributed by atoms with van der Waals surface area (Å²) in [7, 11) is 2.96. The Labute approximate surface area is 184 Å². The number of methoxy groups -OCH3 is 2. The maximum Gasteiger partial charge on any atom is 0.300 e. The van der Waals surface area contributed by atoms with Gasteiger partial charge in [0, 0.05) is 5.69 Å². The van der Waals surface area contributed by atoms with Crippen molar-refractivity contribution in [2.75, 3.05) is 19.1 Å². The minimum atomic E-state index is -0.964. The van der Waals surface area contributed by atoms with E-state index in [1.807, 2.05) is 0 Å². The molecule has 162 valence electrons. The molecule has 7 heteroatoms. The van der Waals surface area contributed by atoms with Crippen molar-refractivity contribution in [2.45, 2.75) is 6.04 Å². The van der Waals surface area contributed by atoms with Crippen LogP contribution in [0.2, 0.25) is 0 Å². The molecule has 0 saturated carbocycles. The number of carbonyl (C=O) groups is 2. The first kappa shape index (κ1) is 21.1. The molecule has 0 aromatic heterocycles. The van der Waals surface area contributed by atoms with E-state index in [2.05, 4.69) is 0 Å². The molecule has 1 N–H and O–H groups in total. The van der Waals surface area contributed by atoms with Gasteiger partial charge in [0.05, 0.1) is 31.4 Å². The van der Waals surface area contributed by atoms with Crippen LogP contribution in [0.5, 0.6) is 11.5 Å². The molecule has 1 fully saturated rings. The Balaban J connectivity index is 1.94. The molecule has 1 atom stereocenters. The first-order valence-electron chi connectivity index (χ1n) is 9.80. The van der Waals surface area contributed by atoms with Crippen molar-refractivity contribution in [3.05, 3.63) is 95.3 Å². The highest BCUT2D eigenvalue weighted by molar-refractivity contribution is 6.51. The van der Waals surface area contributed by atoms with Gasteiger partial charge in [-0.2, -0.15) is 0 Å². The quantitative estimate of drug-likeness (QED) is 0.365. The topological polar surface area (TPSA) is 76.1 Å². The summed E-state index contributed by atoms with van der Waals surface area (Å²) in [5, 5.41) is 11.2. The van der Waals surface area contributed by atoms with Gasteiger partial charge in [-0.1, -0.05) is 24.3 Å². The standard InChI is InChI=1S/C25H20FNO5/c1-31-18-13-11-17(12-14-18)27-22(15-7-9-16(26)10-8-15)21(24(29)25(27)30)23(28)19-5-3-4-6-20(19)32-2/h3-14,22,28H,1-2H3/b23-21-. The van der Waals surface area contributed by atoms with E-state index in [4.69, 9.17) is 9.47 Å². The van der Waals surface area contributed by atoms with Crippen molar-refractivity contribution in [1.82, 2.24) is 0 Å². The van der Waals surface area contributed by atoms with Gasteiger partial charge in [0.2, 0.25) is 0 Å². The summed E-state index contributed by atoms with van der Waals surface area (Å²) in [5.74, 6) is -1.55. The van der Waals surface area contributed by atoms with E-state index in [0.717, 1.165) is 0 Å². The number of rotatable bonds is 5. The number of ether oxygens (including phenoxy) is 2. The van der Waals surface area contributed by atoms with Gasteiger partial charge < -0.3 is 14.6 Å². The number of aliphatic hydroxyl groups is 1. The highest BCUT2D eigenvalue weighted by atomic mass is 19.1. The van der Waals surface area contributed by atoms with Gasteiger partial charge in [0.1, 0.15) is 23.1 Å². The van der Waals surface area contributed by atoms with E-state index in [0.29, 0.717) is 22.7 Å². The van der Waals surface area contributed by atoms with Crippen LogP contribution in [0, 0.1) is 5.82 Å². The Morgan fingerprint density at radius 1 is 0.906 bits per heavy atom. The van der Waals surface area contributed by atoms with E-state index in [-0.39, 0.29) is 16.9 Å². The minimum Gasteiger partial charge on any atom is -0.507 e. The van der Waals surface area contributed by atoms with Gasteiger partial charge in [0.25, 0.3) is 11.7 Å². The fourth-order valence-corrected chi connectivity index (χ4v) is 3.79. The molecule has 1 aliphatic heterocycles. The number of nitrogens with zero attached hydrogens (tertiary/aromatic N) is 1. The number of anilines is 1. The second-order valence-corrected chi connectivity index (χ2v) is 7.12. The average Bonchev–Trinajstić information content (AvgIpc) is 3.09. The molecule has 1 amide bonds. The van der Waals surface area contributed by atoms with Gasteiger partial charge >= 0.3 is 0 Å². The molecule has 0 spiro atoms. The van der Waals surface area contributed by atoms with Crippen molar-refractivity contribution >= 4 is 23.1 Å². The van der Waals surface area contributed by atoms with Gasteiger partial charge in [-0.15, -0.1) is 0 Å². The van der Waals surface area contributed by atoms with E-state index in [9.17, 15) is 19.1 Å². The van der Waals surface area contributed by atoms with E-state index < -0.39 is 23.5 Å². The van der Waals surface area contributed by atoms with Gasteiger partial charge in [-0.25, -0.2) is 4.39 Å². The number of Topliss-reactive ketones (excluding diaryl/α,β-unsaturated/α-hetero) is 1. The van der Waals surface area contributed by atoms with E-state index >= 15 is 0 Å². The summed E-state index contributed by atoms with van der Waals surface area (Å²) in [6, 6.07) is 17.7. The largest absolute Gasteiger partial charge is 0.507 e. The van der Waals surface area contributed by atoms with Crippen molar-refractivity contribution < 1.29 is 28.6 Å². The molecule has 0 aliphatic carbocycles. The van der Waals surface area contributed by atoms with Crippen LogP contribution in [0.25, 0.3) is 5.76 Å². The number of ketones is 1. The lowest BCUT2D eigenvalue weighted by Crippen LogP contribution is -2.29. The van der Waals surface area contributed by atoms with Crippen molar-refractivity contribution in [3.8, 4) is 11.5 Å². The van der Waals surface area contributed by atoms with Crippen LogP contribution in [-0.2, 0) is 9.59 Å². The molecule has 4 rings (SSSR count). The molecule has 1 heterocycles. The molecule has 1 aliphatic rings. The van der Waals surface area contributed by atoms with E-state index in [1.165, 1.54) is 43.4 Å². The highest BCUT2D eigenvalue weighted by Crippen LogP contribution is 2.43. The zero-order valence-electron chi connectivity index (χ0n) is 17.4. The summed E-state index contributed by atoms with van der Waals surface area (Å²) in [4.78, 5) is 27.5. The third-order valence-electron chi connectivity index (χ3n) is 5.34. The van der Waals surface area contributed by atoms with Crippen LogP contribution in [-0.4, -0.2) is 31.0 Å². The predicted octanol–water partition coefficient (Wildman–Crippen LogP) is 4.47. The molecule has 1 unspecified atom stereocenters. The molecule has 0 radical (unpaired) electrons. The van der Waals surface area contributed by atoms with Crippen LogP contribution >= 0.6 is 0 Å². The Hall–Kier alpha value is -4.13. The SMILES string of the molecule is COc1ccc(N2C(=O)C(=O)/C(=C(\O)c3ccccc3OC)C2c2ccc(F)cc2)cc1. The van der Waals surface area contributed by atoms with Crippen molar-refractivity contribution in [1.29, 1.82) is 0 Å². The van der Waals surface area contributed by atoms with E-state index in [1.54, 1.807) is 48.5 Å². The normalized spacial score (nSPS) is 17.5. The number of amides is 1. The Bertz CT molecular complexity index is 1200. The lowest BCUT2D eigenvalue weighted by Gasteiger charge is -2.25. The maximum atomic E-state index is 13.6. The number of hydrogen-bond acceptors (Lipinski definition) is 5. The Morgan fingerprint density at radius 3 is 2.19 bits per heavy atom. The number of halogens is 1.